The van der Waals surface area contributed by atoms with Crippen LogP contribution in [0.25, 0.3) is 0 Å². The molecule has 2 fully saturated rings. The van der Waals surface area contributed by atoms with Gasteiger partial charge in [-0.1, -0.05) is 26.3 Å². The van der Waals surface area contributed by atoms with Crippen LogP contribution in [0.1, 0.15) is 0 Å². The Hall–Kier alpha value is -1.12. The molecule has 0 aromatic carbocycles. The molecule has 0 aromatic rings. The van der Waals surface area contributed by atoms with Gasteiger partial charge in [0.15, 0.2) is 5.79 Å². The lowest BCUT2D eigenvalue weighted by atomic mass is 9.85. The summed E-state index contributed by atoms with van der Waals surface area (Å²) in [5, 5.41) is 0. The molecule has 0 atom stereocenters. The Morgan fingerprint density at radius 1 is 0.800 bits per heavy atom. The van der Waals surface area contributed by atoms with E-state index in [2.05, 4.69) is 26.3 Å². The van der Waals surface area contributed by atoms with E-state index in [9.17, 15) is 0 Å². The van der Waals surface area contributed by atoms with Gasteiger partial charge in [-0.25, -0.2) is 0 Å². The molecule has 2 nitrogen and oxygen atoms in total. The monoisotopic (exact) mass is 204 g/mol. The zero-order valence-corrected chi connectivity index (χ0v) is 9.30. The van der Waals surface area contributed by atoms with Gasteiger partial charge in [0.05, 0.1) is 11.8 Å². The summed E-state index contributed by atoms with van der Waals surface area (Å²) in [5.41, 5.74) is 3.84. The Labute approximate surface area is 90.6 Å². The molecule has 0 unspecified atom stereocenters. The molecule has 15 heavy (non-hydrogen) atoms. The van der Waals surface area contributed by atoms with Gasteiger partial charge in [0.2, 0.25) is 0 Å². The molecule has 0 heterocycles. The molecule has 0 radical (unpaired) electrons. The summed E-state index contributed by atoms with van der Waals surface area (Å²) in [6.45, 7) is 16.1. The zero-order chi connectivity index (χ0) is 11.4. The van der Waals surface area contributed by atoms with Crippen molar-refractivity contribution in [1.82, 2.24) is 0 Å². The van der Waals surface area contributed by atoms with Gasteiger partial charge in [-0.15, -0.1) is 0 Å². The molecule has 2 rings (SSSR count). The maximum Gasteiger partial charge on any atom is 0.189 e. The Morgan fingerprint density at radius 2 is 1.07 bits per heavy atom. The molecule has 80 valence electrons. The van der Waals surface area contributed by atoms with Crippen LogP contribution in [0.4, 0.5) is 0 Å². The van der Waals surface area contributed by atoms with Crippen molar-refractivity contribution in [3.05, 3.63) is 48.6 Å². The standard InChI is InChI=1S/C13H16O2/c1-7-8(2)12-10(4)9(3)11(7)13(12,14-5)15-6/h11-12H,1-4H2,5-6H3. The number of rotatable bonds is 2. The molecule has 0 N–H and O–H groups in total. The lowest BCUT2D eigenvalue weighted by molar-refractivity contribution is -0.223. The molecule has 0 spiro atoms. The molecule has 0 aromatic heterocycles. The summed E-state index contributed by atoms with van der Waals surface area (Å²) in [4.78, 5) is 0. The first-order valence-electron chi connectivity index (χ1n) is 4.87. The second-order valence-electron chi connectivity index (χ2n) is 4.10. The molecule has 2 aliphatic rings. The highest BCUT2D eigenvalue weighted by molar-refractivity contribution is 5.61. The third-order valence-corrected chi connectivity index (χ3v) is 3.66. The van der Waals surface area contributed by atoms with Gasteiger partial charge in [-0.3, -0.25) is 0 Å². The summed E-state index contributed by atoms with van der Waals surface area (Å²) < 4.78 is 11.1. The Kier molecular flexibility index (Phi) is 2.04. The van der Waals surface area contributed by atoms with E-state index in [1.165, 1.54) is 0 Å². The molecule has 0 aliphatic heterocycles. The molecule has 2 heteroatoms. The van der Waals surface area contributed by atoms with E-state index in [1.807, 2.05) is 0 Å². The summed E-state index contributed by atoms with van der Waals surface area (Å²) in [6.07, 6.45) is 0. The largest absolute Gasteiger partial charge is 0.351 e. The van der Waals surface area contributed by atoms with Crippen molar-refractivity contribution in [1.29, 1.82) is 0 Å². The molecular formula is C13H16O2. The molecule has 0 amide bonds. The molecule has 2 saturated carbocycles. The van der Waals surface area contributed by atoms with Crippen molar-refractivity contribution in [2.45, 2.75) is 5.79 Å². The van der Waals surface area contributed by atoms with E-state index < -0.39 is 5.79 Å². The van der Waals surface area contributed by atoms with Crippen LogP contribution in [0.3, 0.4) is 0 Å². The van der Waals surface area contributed by atoms with Crippen molar-refractivity contribution >= 4 is 0 Å². The van der Waals surface area contributed by atoms with Gasteiger partial charge in [0.1, 0.15) is 0 Å². The van der Waals surface area contributed by atoms with E-state index >= 15 is 0 Å². The summed E-state index contributed by atoms with van der Waals surface area (Å²) >= 11 is 0. The molecule has 2 aliphatic carbocycles. The average molecular weight is 204 g/mol. The third-order valence-electron chi connectivity index (χ3n) is 3.66. The average Bonchev–Trinajstić information content (AvgIpc) is 2.58. The number of hydrogen-bond donors (Lipinski definition) is 0. The number of hydrogen-bond acceptors (Lipinski definition) is 2. The summed E-state index contributed by atoms with van der Waals surface area (Å²) in [7, 11) is 3.28. The van der Waals surface area contributed by atoms with Crippen molar-refractivity contribution < 1.29 is 9.47 Å². The second kappa shape index (κ2) is 2.94. The fraction of sp³-hybridized carbons (Fsp3) is 0.385. The molecule has 2 bridgehead atoms. The van der Waals surface area contributed by atoms with Crippen LogP contribution in [0.5, 0.6) is 0 Å². The van der Waals surface area contributed by atoms with Crippen molar-refractivity contribution in [3.8, 4) is 0 Å². The highest BCUT2D eigenvalue weighted by atomic mass is 16.7. The predicted octanol–water partition coefficient (Wildman–Crippen LogP) is 2.46. The molecular weight excluding hydrogens is 188 g/mol. The number of methoxy groups -OCH3 is 2. The quantitative estimate of drug-likeness (QED) is 0.643. The molecule has 0 saturated heterocycles. The van der Waals surface area contributed by atoms with E-state index in [4.69, 9.17) is 9.47 Å². The topological polar surface area (TPSA) is 18.5 Å². The summed E-state index contributed by atoms with van der Waals surface area (Å²) in [5.74, 6) is -0.766. The Morgan fingerprint density at radius 3 is 1.20 bits per heavy atom. The van der Waals surface area contributed by atoms with E-state index in [1.54, 1.807) is 14.2 Å². The lowest BCUT2D eigenvalue weighted by Gasteiger charge is -2.30. The van der Waals surface area contributed by atoms with Crippen LogP contribution in [0, 0.1) is 11.8 Å². The zero-order valence-electron chi connectivity index (χ0n) is 9.30. The predicted molar refractivity (Wildman–Crippen MR) is 60.3 cm³/mol. The third kappa shape index (κ3) is 0.912. The fourth-order valence-electron chi connectivity index (χ4n) is 2.86. The highest BCUT2D eigenvalue weighted by Crippen LogP contribution is 2.62. The van der Waals surface area contributed by atoms with Crippen LogP contribution >= 0.6 is 0 Å². The van der Waals surface area contributed by atoms with E-state index in [-0.39, 0.29) is 11.8 Å². The van der Waals surface area contributed by atoms with Gasteiger partial charge in [-0.05, 0) is 22.3 Å². The minimum Gasteiger partial charge on any atom is -0.351 e. The first-order valence-corrected chi connectivity index (χ1v) is 4.87. The number of ether oxygens (including phenoxy) is 2. The van der Waals surface area contributed by atoms with E-state index in [0.29, 0.717) is 0 Å². The maximum absolute atomic E-state index is 5.55. The highest BCUT2D eigenvalue weighted by Gasteiger charge is 2.63. The van der Waals surface area contributed by atoms with Crippen LogP contribution in [0.15, 0.2) is 48.6 Å². The van der Waals surface area contributed by atoms with Gasteiger partial charge in [-0.2, -0.15) is 0 Å². The van der Waals surface area contributed by atoms with Crippen molar-refractivity contribution in [2.75, 3.05) is 14.2 Å². The fourth-order valence-corrected chi connectivity index (χ4v) is 2.86. The first kappa shape index (κ1) is 10.4. The van der Waals surface area contributed by atoms with Gasteiger partial charge < -0.3 is 9.47 Å². The van der Waals surface area contributed by atoms with Crippen molar-refractivity contribution in [2.24, 2.45) is 11.8 Å². The lowest BCUT2D eigenvalue weighted by Crippen LogP contribution is -2.39. The van der Waals surface area contributed by atoms with E-state index in [0.717, 1.165) is 22.3 Å². The van der Waals surface area contributed by atoms with Crippen LogP contribution in [-0.2, 0) is 9.47 Å². The number of fused-ring (bicyclic) bond motifs is 2. The maximum atomic E-state index is 5.55. The van der Waals surface area contributed by atoms with Crippen LogP contribution in [0.2, 0.25) is 0 Å². The van der Waals surface area contributed by atoms with Gasteiger partial charge in [0.25, 0.3) is 0 Å². The summed E-state index contributed by atoms with van der Waals surface area (Å²) in [6, 6.07) is 0. The Balaban J connectivity index is 2.62. The second-order valence-corrected chi connectivity index (χ2v) is 4.10. The normalized spacial score (nSPS) is 32.9. The minimum absolute atomic E-state index is 0.0301. The van der Waals surface area contributed by atoms with Crippen LogP contribution < -0.4 is 0 Å². The van der Waals surface area contributed by atoms with Gasteiger partial charge in [0, 0.05) is 14.2 Å². The smallest absolute Gasteiger partial charge is 0.189 e. The minimum atomic E-state index is -0.706. The van der Waals surface area contributed by atoms with Crippen LogP contribution in [-0.4, -0.2) is 20.0 Å². The first-order chi connectivity index (χ1) is 7.01. The Bertz CT molecular complexity index is 323. The SMILES string of the molecule is C=C1C(=C)C2C(=C)C(=C)C1C2(OC)OC. The van der Waals surface area contributed by atoms with Gasteiger partial charge >= 0.3 is 0 Å². The van der Waals surface area contributed by atoms with Crippen molar-refractivity contribution in [3.63, 3.8) is 0 Å².